The number of carbonyl (C=O) groups excluding carboxylic acids is 3. The first-order chi connectivity index (χ1) is 16.9. The van der Waals surface area contributed by atoms with Gasteiger partial charge < -0.3 is 20.1 Å². The summed E-state index contributed by atoms with van der Waals surface area (Å²) in [5.74, 6) is -3.11. The van der Waals surface area contributed by atoms with Crippen LogP contribution in [0.1, 0.15) is 30.9 Å². The van der Waals surface area contributed by atoms with E-state index in [1.165, 1.54) is 7.11 Å². The van der Waals surface area contributed by atoms with E-state index in [2.05, 4.69) is 23.6 Å². The zero-order valence-electron chi connectivity index (χ0n) is 19.8. The standard InChI is InChI=1S/C26H27N3O5S/c1-4-16-6-10-18(11-7-16)28-21(30)15-35-25-20(14-27)22(23(24(31)29-25)26(32)33-3)17-8-12-19(13-9-17)34-5-2/h6-13,22-23H,4-5,15H2,1-3H3,(H,28,30)(H,29,31)/t22-,23-/m0/s1. The molecule has 2 amide bonds. The van der Waals surface area contributed by atoms with Crippen LogP contribution in [-0.2, 0) is 25.5 Å². The zero-order chi connectivity index (χ0) is 25.4. The maximum atomic E-state index is 12.9. The molecule has 1 heterocycles. The van der Waals surface area contributed by atoms with Crippen molar-refractivity contribution in [3.63, 3.8) is 0 Å². The molecule has 0 aromatic heterocycles. The van der Waals surface area contributed by atoms with E-state index in [0.29, 0.717) is 23.6 Å². The Morgan fingerprint density at radius 1 is 1.11 bits per heavy atom. The van der Waals surface area contributed by atoms with Crippen molar-refractivity contribution >= 4 is 35.2 Å². The number of ether oxygens (including phenoxy) is 2. The second-order valence-electron chi connectivity index (χ2n) is 7.71. The molecular formula is C26H27N3O5S. The summed E-state index contributed by atoms with van der Waals surface area (Å²) in [5.41, 5.74) is 2.60. The molecule has 0 radical (unpaired) electrons. The van der Waals surface area contributed by atoms with Gasteiger partial charge in [-0.15, -0.1) is 0 Å². The monoisotopic (exact) mass is 493 g/mol. The molecule has 1 aliphatic heterocycles. The normalized spacial score (nSPS) is 17.3. The van der Waals surface area contributed by atoms with Crippen molar-refractivity contribution in [2.45, 2.75) is 26.2 Å². The van der Waals surface area contributed by atoms with Gasteiger partial charge in [-0.2, -0.15) is 5.26 Å². The van der Waals surface area contributed by atoms with Gasteiger partial charge in [0.05, 0.1) is 36.1 Å². The minimum atomic E-state index is -1.23. The summed E-state index contributed by atoms with van der Waals surface area (Å²) in [6, 6.07) is 16.5. The van der Waals surface area contributed by atoms with Crippen LogP contribution in [0, 0.1) is 17.2 Å². The lowest BCUT2D eigenvalue weighted by Gasteiger charge is -2.31. The Morgan fingerprint density at radius 3 is 2.37 bits per heavy atom. The van der Waals surface area contributed by atoms with E-state index in [4.69, 9.17) is 9.47 Å². The molecule has 2 N–H and O–H groups in total. The van der Waals surface area contributed by atoms with Gasteiger partial charge in [-0.05, 0) is 48.7 Å². The number of allylic oxidation sites excluding steroid dienone is 1. The number of nitrogens with one attached hydrogen (secondary N) is 2. The number of carbonyl (C=O) groups is 3. The lowest BCUT2D eigenvalue weighted by atomic mass is 9.78. The van der Waals surface area contributed by atoms with Crippen molar-refractivity contribution in [3.05, 3.63) is 70.3 Å². The molecule has 0 bridgehead atoms. The molecule has 3 rings (SSSR count). The second kappa shape index (κ2) is 12.1. The van der Waals surface area contributed by atoms with Gasteiger partial charge in [-0.1, -0.05) is 43.0 Å². The fraction of sp³-hybridized carbons (Fsp3) is 0.308. The van der Waals surface area contributed by atoms with E-state index in [1.807, 2.05) is 31.2 Å². The molecule has 2 aromatic carbocycles. The van der Waals surface area contributed by atoms with Crippen LogP contribution in [0.15, 0.2) is 59.1 Å². The van der Waals surface area contributed by atoms with Crippen LogP contribution in [0.4, 0.5) is 5.69 Å². The lowest BCUT2D eigenvalue weighted by Crippen LogP contribution is -2.44. The molecule has 0 saturated heterocycles. The molecule has 0 spiro atoms. The van der Waals surface area contributed by atoms with Crippen LogP contribution < -0.4 is 15.4 Å². The topological polar surface area (TPSA) is 118 Å². The summed E-state index contributed by atoms with van der Waals surface area (Å²) in [4.78, 5) is 37.9. The van der Waals surface area contributed by atoms with Crippen molar-refractivity contribution in [2.24, 2.45) is 5.92 Å². The second-order valence-corrected chi connectivity index (χ2v) is 8.70. The number of hydrogen-bond acceptors (Lipinski definition) is 7. The molecule has 35 heavy (non-hydrogen) atoms. The van der Waals surface area contributed by atoms with E-state index < -0.39 is 23.7 Å². The maximum Gasteiger partial charge on any atom is 0.319 e. The number of methoxy groups -OCH3 is 1. The van der Waals surface area contributed by atoms with Gasteiger partial charge in [0.2, 0.25) is 11.8 Å². The van der Waals surface area contributed by atoms with Crippen LogP contribution in [0.3, 0.4) is 0 Å². The first kappa shape index (κ1) is 25.8. The Bertz CT molecular complexity index is 1150. The van der Waals surface area contributed by atoms with Crippen molar-refractivity contribution in [1.29, 1.82) is 5.26 Å². The zero-order valence-corrected chi connectivity index (χ0v) is 20.6. The van der Waals surface area contributed by atoms with Crippen molar-refractivity contribution in [2.75, 3.05) is 24.8 Å². The van der Waals surface area contributed by atoms with E-state index >= 15 is 0 Å². The predicted molar refractivity (Wildman–Crippen MR) is 134 cm³/mol. The number of amides is 2. The third-order valence-electron chi connectivity index (χ3n) is 5.53. The fourth-order valence-corrected chi connectivity index (χ4v) is 4.62. The maximum absolute atomic E-state index is 12.9. The van der Waals surface area contributed by atoms with Crippen LogP contribution in [-0.4, -0.2) is 37.3 Å². The smallest absolute Gasteiger partial charge is 0.319 e. The van der Waals surface area contributed by atoms with Gasteiger partial charge in [-0.3, -0.25) is 14.4 Å². The van der Waals surface area contributed by atoms with Crippen LogP contribution in [0.2, 0.25) is 0 Å². The molecule has 1 aliphatic rings. The first-order valence-corrected chi connectivity index (χ1v) is 12.2. The van der Waals surface area contributed by atoms with Gasteiger partial charge in [0.1, 0.15) is 11.7 Å². The number of thioether (sulfide) groups is 1. The molecule has 8 nitrogen and oxygen atoms in total. The Kier molecular flexibility index (Phi) is 8.92. The Hall–Kier alpha value is -3.77. The molecular weight excluding hydrogens is 466 g/mol. The largest absolute Gasteiger partial charge is 0.494 e. The summed E-state index contributed by atoms with van der Waals surface area (Å²) in [5, 5.41) is 15.7. The highest BCUT2D eigenvalue weighted by Gasteiger charge is 2.44. The van der Waals surface area contributed by atoms with Crippen LogP contribution in [0.5, 0.6) is 5.75 Å². The van der Waals surface area contributed by atoms with Gasteiger partial charge >= 0.3 is 5.97 Å². The number of aryl methyl sites for hydroxylation is 1. The number of nitrogens with zero attached hydrogens (tertiary/aromatic N) is 1. The average molecular weight is 494 g/mol. The molecule has 0 aliphatic carbocycles. The van der Waals surface area contributed by atoms with E-state index in [1.54, 1.807) is 24.3 Å². The molecule has 0 unspecified atom stereocenters. The number of benzene rings is 2. The Balaban J connectivity index is 1.85. The lowest BCUT2D eigenvalue weighted by molar-refractivity contribution is -0.150. The highest BCUT2D eigenvalue weighted by atomic mass is 32.2. The summed E-state index contributed by atoms with van der Waals surface area (Å²) < 4.78 is 10.3. The van der Waals surface area contributed by atoms with Crippen LogP contribution >= 0.6 is 11.8 Å². The Labute approximate surface area is 208 Å². The molecule has 9 heteroatoms. The van der Waals surface area contributed by atoms with E-state index in [-0.39, 0.29) is 22.3 Å². The van der Waals surface area contributed by atoms with Gasteiger partial charge in [0.25, 0.3) is 0 Å². The molecule has 0 saturated carbocycles. The average Bonchev–Trinajstić information content (AvgIpc) is 2.87. The molecule has 2 atom stereocenters. The number of rotatable bonds is 9. The highest BCUT2D eigenvalue weighted by Crippen LogP contribution is 2.40. The van der Waals surface area contributed by atoms with Gasteiger partial charge in [-0.25, -0.2) is 0 Å². The fourth-order valence-electron chi connectivity index (χ4n) is 3.78. The molecule has 2 aromatic rings. The molecule has 182 valence electrons. The summed E-state index contributed by atoms with van der Waals surface area (Å²) in [6.45, 7) is 4.41. The predicted octanol–water partition coefficient (Wildman–Crippen LogP) is 3.76. The quantitative estimate of drug-likeness (QED) is 0.403. The highest BCUT2D eigenvalue weighted by molar-refractivity contribution is 8.03. The minimum absolute atomic E-state index is 0.0325. The van der Waals surface area contributed by atoms with Crippen molar-refractivity contribution < 1.29 is 23.9 Å². The molecule has 0 fully saturated rings. The van der Waals surface area contributed by atoms with E-state index in [0.717, 1.165) is 23.7 Å². The van der Waals surface area contributed by atoms with Crippen LogP contribution in [0.25, 0.3) is 0 Å². The summed E-state index contributed by atoms with van der Waals surface area (Å²) in [6.07, 6.45) is 0.900. The summed E-state index contributed by atoms with van der Waals surface area (Å²) in [7, 11) is 1.20. The number of esters is 1. The SMILES string of the molecule is CCOc1ccc([C@H]2C(C#N)=C(SCC(=O)Nc3ccc(CC)cc3)NC(=O)[C@H]2C(=O)OC)cc1. The van der Waals surface area contributed by atoms with Crippen molar-refractivity contribution in [1.82, 2.24) is 5.32 Å². The van der Waals surface area contributed by atoms with Crippen molar-refractivity contribution in [3.8, 4) is 11.8 Å². The van der Waals surface area contributed by atoms with Gasteiger partial charge in [0.15, 0.2) is 0 Å². The number of anilines is 1. The Morgan fingerprint density at radius 2 is 1.80 bits per heavy atom. The number of nitriles is 1. The minimum Gasteiger partial charge on any atom is -0.494 e. The third kappa shape index (κ3) is 6.22. The summed E-state index contributed by atoms with van der Waals surface area (Å²) >= 11 is 1.04. The first-order valence-electron chi connectivity index (χ1n) is 11.2. The van der Waals surface area contributed by atoms with E-state index in [9.17, 15) is 19.6 Å². The van der Waals surface area contributed by atoms with Gasteiger partial charge in [0, 0.05) is 11.6 Å². The number of hydrogen-bond donors (Lipinski definition) is 2. The third-order valence-corrected chi connectivity index (χ3v) is 6.54.